The summed E-state index contributed by atoms with van der Waals surface area (Å²) in [5.41, 5.74) is 7.47. The summed E-state index contributed by atoms with van der Waals surface area (Å²) < 4.78 is 0. The van der Waals surface area contributed by atoms with Gasteiger partial charge in [-0.25, -0.2) is 0 Å². The summed E-state index contributed by atoms with van der Waals surface area (Å²) in [6.45, 7) is 2.46. The Kier molecular flexibility index (Phi) is 4.43. The van der Waals surface area contributed by atoms with Gasteiger partial charge in [-0.15, -0.1) is 0 Å². The van der Waals surface area contributed by atoms with Gasteiger partial charge < -0.3 is 16.2 Å². The van der Waals surface area contributed by atoms with E-state index in [1.807, 2.05) is 6.92 Å². The van der Waals surface area contributed by atoms with E-state index in [0.29, 0.717) is 18.0 Å². The highest BCUT2D eigenvalue weighted by molar-refractivity contribution is 5.95. The van der Waals surface area contributed by atoms with E-state index in [2.05, 4.69) is 5.32 Å². The van der Waals surface area contributed by atoms with Gasteiger partial charge in [0.15, 0.2) is 0 Å². The van der Waals surface area contributed by atoms with Crippen molar-refractivity contribution in [2.45, 2.75) is 38.6 Å². The molecule has 4 nitrogen and oxygen atoms in total. The Morgan fingerprint density at radius 1 is 1.42 bits per heavy atom. The monoisotopic (exact) mass is 262 g/mol. The highest BCUT2D eigenvalue weighted by atomic mass is 16.3. The fourth-order valence-electron chi connectivity index (χ4n) is 2.71. The summed E-state index contributed by atoms with van der Waals surface area (Å²) >= 11 is 0. The number of aryl methyl sites for hydroxylation is 1. The molecule has 1 saturated carbocycles. The third kappa shape index (κ3) is 3.47. The van der Waals surface area contributed by atoms with E-state index in [1.165, 1.54) is 18.9 Å². The van der Waals surface area contributed by atoms with Gasteiger partial charge in [-0.1, -0.05) is 12.8 Å². The lowest BCUT2D eigenvalue weighted by atomic mass is 9.85. The fraction of sp³-hybridized carbons (Fsp3) is 0.533. The van der Waals surface area contributed by atoms with Crippen LogP contribution < -0.4 is 11.1 Å². The summed E-state index contributed by atoms with van der Waals surface area (Å²) in [6, 6.07) is 4.99. The average Bonchev–Trinajstić information content (AvgIpc) is 2.37. The minimum Gasteiger partial charge on any atom is -0.508 e. The molecule has 4 heteroatoms. The SMILES string of the molecule is Cc1cc(O)ccc1C(=O)NCC1CCCCC1N. The number of rotatable bonds is 3. The first-order chi connectivity index (χ1) is 9.08. The van der Waals surface area contributed by atoms with Crippen molar-refractivity contribution < 1.29 is 9.90 Å². The standard InChI is InChI=1S/C15H22N2O2/c1-10-8-12(18)6-7-13(10)15(19)17-9-11-4-2-3-5-14(11)16/h6-8,11,14,18H,2-5,9,16H2,1H3,(H,17,19). The van der Waals surface area contributed by atoms with Crippen LogP contribution in [0.4, 0.5) is 0 Å². The Morgan fingerprint density at radius 2 is 2.16 bits per heavy atom. The second-order valence-corrected chi connectivity index (χ2v) is 5.42. The van der Waals surface area contributed by atoms with Gasteiger partial charge in [-0.2, -0.15) is 0 Å². The Hall–Kier alpha value is -1.55. The predicted molar refractivity (Wildman–Crippen MR) is 75.1 cm³/mol. The van der Waals surface area contributed by atoms with Crippen LogP contribution in [0.2, 0.25) is 0 Å². The van der Waals surface area contributed by atoms with E-state index in [-0.39, 0.29) is 17.7 Å². The Labute approximate surface area is 114 Å². The van der Waals surface area contributed by atoms with Crippen LogP contribution in [-0.4, -0.2) is 23.6 Å². The summed E-state index contributed by atoms with van der Waals surface area (Å²) in [5.74, 6) is 0.480. The molecule has 0 spiro atoms. The summed E-state index contributed by atoms with van der Waals surface area (Å²) in [7, 11) is 0. The maximum Gasteiger partial charge on any atom is 0.251 e. The van der Waals surface area contributed by atoms with Crippen LogP contribution in [0.15, 0.2) is 18.2 Å². The molecule has 0 aliphatic heterocycles. The van der Waals surface area contributed by atoms with Crippen molar-refractivity contribution >= 4 is 5.91 Å². The van der Waals surface area contributed by atoms with Gasteiger partial charge in [-0.05, 0) is 49.4 Å². The molecule has 0 saturated heterocycles. The largest absolute Gasteiger partial charge is 0.508 e. The summed E-state index contributed by atoms with van der Waals surface area (Å²) in [4.78, 5) is 12.1. The second kappa shape index (κ2) is 6.06. The third-order valence-corrected chi connectivity index (χ3v) is 3.95. The highest BCUT2D eigenvalue weighted by Crippen LogP contribution is 2.22. The molecule has 0 radical (unpaired) electrons. The third-order valence-electron chi connectivity index (χ3n) is 3.95. The molecule has 1 fully saturated rings. The van der Waals surface area contributed by atoms with Crippen LogP contribution in [-0.2, 0) is 0 Å². The quantitative estimate of drug-likeness (QED) is 0.779. The lowest BCUT2D eigenvalue weighted by molar-refractivity contribution is 0.0941. The van der Waals surface area contributed by atoms with E-state index in [9.17, 15) is 9.90 Å². The van der Waals surface area contributed by atoms with Crippen molar-refractivity contribution in [2.24, 2.45) is 11.7 Å². The van der Waals surface area contributed by atoms with Gasteiger partial charge in [0.25, 0.3) is 5.91 Å². The van der Waals surface area contributed by atoms with Crippen molar-refractivity contribution in [1.82, 2.24) is 5.32 Å². The number of phenols is 1. The maximum atomic E-state index is 12.1. The number of amides is 1. The molecule has 0 bridgehead atoms. The number of carbonyl (C=O) groups excluding carboxylic acids is 1. The molecule has 1 amide bonds. The van der Waals surface area contributed by atoms with E-state index >= 15 is 0 Å². The van der Waals surface area contributed by atoms with E-state index in [4.69, 9.17) is 5.73 Å². The summed E-state index contributed by atoms with van der Waals surface area (Å²) in [6.07, 6.45) is 4.55. The molecule has 2 unspecified atom stereocenters. The van der Waals surface area contributed by atoms with Gasteiger partial charge in [0.1, 0.15) is 5.75 Å². The topological polar surface area (TPSA) is 75.3 Å². The maximum absolute atomic E-state index is 12.1. The molecule has 0 aromatic heterocycles. The van der Waals surface area contributed by atoms with Crippen LogP contribution in [0, 0.1) is 12.8 Å². The van der Waals surface area contributed by atoms with E-state index in [0.717, 1.165) is 18.4 Å². The van der Waals surface area contributed by atoms with E-state index in [1.54, 1.807) is 12.1 Å². The Morgan fingerprint density at radius 3 is 2.84 bits per heavy atom. The molecule has 1 aromatic rings. The van der Waals surface area contributed by atoms with Crippen LogP contribution >= 0.6 is 0 Å². The molecule has 2 rings (SSSR count). The zero-order valence-electron chi connectivity index (χ0n) is 11.4. The molecular weight excluding hydrogens is 240 g/mol. The molecule has 1 aliphatic carbocycles. The summed E-state index contributed by atoms with van der Waals surface area (Å²) in [5, 5.41) is 12.3. The molecular formula is C15H22N2O2. The number of nitrogens with two attached hydrogens (primary N) is 1. The number of hydrogen-bond acceptors (Lipinski definition) is 3. The smallest absolute Gasteiger partial charge is 0.251 e. The van der Waals surface area contributed by atoms with Gasteiger partial charge >= 0.3 is 0 Å². The minimum atomic E-state index is -0.0877. The van der Waals surface area contributed by atoms with Gasteiger partial charge in [-0.3, -0.25) is 4.79 Å². The van der Waals surface area contributed by atoms with Crippen molar-refractivity contribution in [3.05, 3.63) is 29.3 Å². The van der Waals surface area contributed by atoms with Crippen molar-refractivity contribution in [1.29, 1.82) is 0 Å². The predicted octanol–water partition coefficient (Wildman–Crippen LogP) is 1.95. The molecule has 0 heterocycles. The number of phenolic OH excluding ortho intramolecular Hbond substituents is 1. The zero-order valence-corrected chi connectivity index (χ0v) is 11.4. The van der Waals surface area contributed by atoms with Gasteiger partial charge in [0.05, 0.1) is 0 Å². The van der Waals surface area contributed by atoms with Crippen molar-refractivity contribution in [2.75, 3.05) is 6.54 Å². The first-order valence-electron chi connectivity index (χ1n) is 6.91. The number of benzene rings is 1. The van der Waals surface area contributed by atoms with Crippen LogP contribution in [0.1, 0.15) is 41.6 Å². The molecule has 1 aromatic carbocycles. The van der Waals surface area contributed by atoms with E-state index < -0.39 is 0 Å². The number of hydrogen-bond donors (Lipinski definition) is 3. The molecule has 4 N–H and O–H groups in total. The lowest BCUT2D eigenvalue weighted by Crippen LogP contribution is -2.41. The average molecular weight is 262 g/mol. The fourth-order valence-corrected chi connectivity index (χ4v) is 2.71. The van der Waals surface area contributed by atoms with Gasteiger partial charge in [0.2, 0.25) is 0 Å². The van der Waals surface area contributed by atoms with Crippen LogP contribution in [0.3, 0.4) is 0 Å². The number of carbonyl (C=O) groups is 1. The zero-order chi connectivity index (χ0) is 13.8. The van der Waals surface area contributed by atoms with Crippen LogP contribution in [0.25, 0.3) is 0 Å². The first kappa shape index (κ1) is 13.9. The minimum absolute atomic E-state index is 0.0877. The normalized spacial score (nSPS) is 23.1. The van der Waals surface area contributed by atoms with Crippen LogP contribution in [0.5, 0.6) is 5.75 Å². The molecule has 104 valence electrons. The number of aromatic hydroxyl groups is 1. The first-order valence-corrected chi connectivity index (χ1v) is 6.91. The lowest BCUT2D eigenvalue weighted by Gasteiger charge is -2.28. The molecule has 2 atom stereocenters. The second-order valence-electron chi connectivity index (χ2n) is 5.42. The van der Waals surface area contributed by atoms with Crippen molar-refractivity contribution in [3.63, 3.8) is 0 Å². The Bertz CT molecular complexity index is 459. The number of nitrogens with one attached hydrogen (secondary N) is 1. The van der Waals surface area contributed by atoms with Gasteiger partial charge in [0, 0.05) is 18.2 Å². The molecule has 19 heavy (non-hydrogen) atoms. The van der Waals surface area contributed by atoms with Crippen molar-refractivity contribution in [3.8, 4) is 5.75 Å². The highest BCUT2D eigenvalue weighted by Gasteiger charge is 2.22. The molecule has 1 aliphatic rings. The Balaban J connectivity index is 1.93.